The van der Waals surface area contributed by atoms with Gasteiger partial charge in [-0.25, -0.2) is 4.39 Å². The van der Waals surface area contributed by atoms with Crippen LogP contribution in [0.5, 0.6) is 0 Å². The van der Waals surface area contributed by atoms with E-state index in [-0.39, 0.29) is 6.04 Å². The van der Waals surface area contributed by atoms with Crippen LogP contribution in [0.2, 0.25) is 0 Å². The van der Waals surface area contributed by atoms with Crippen LogP contribution in [0.1, 0.15) is 29.3 Å². The van der Waals surface area contributed by atoms with Gasteiger partial charge in [-0.2, -0.15) is 0 Å². The molecule has 0 spiro atoms. The van der Waals surface area contributed by atoms with Crippen LogP contribution in [0.15, 0.2) is 0 Å². The van der Waals surface area contributed by atoms with Crippen LogP contribution in [-0.2, 0) is 6.42 Å². The highest BCUT2D eigenvalue weighted by molar-refractivity contribution is 7.11. The molecule has 0 saturated heterocycles. The number of halogens is 1. The van der Waals surface area contributed by atoms with E-state index >= 15 is 0 Å². The zero-order valence-corrected chi connectivity index (χ0v) is 8.98. The first kappa shape index (κ1) is 9.98. The summed E-state index contributed by atoms with van der Waals surface area (Å²) in [6.45, 7) is 1.88. The average molecular weight is 215 g/mol. The van der Waals surface area contributed by atoms with Crippen LogP contribution in [0.4, 0.5) is 4.39 Å². The Kier molecular flexibility index (Phi) is 2.53. The van der Waals surface area contributed by atoms with Gasteiger partial charge in [0.1, 0.15) is 15.7 Å². The summed E-state index contributed by atoms with van der Waals surface area (Å²) < 4.78 is 14.1. The highest BCUT2D eigenvalue weighted by Gasteiger charge is 2.38. The molecular weight excluding hydrogens is 201 g/mol. The van der Waals surface area contributed by atoms with Crippen molar-refractivity contribution >= 4 is 11.3 Å². The summed E-state index contributed by atoms with van der Waals surface area (Å²) in [7, 11) is 0. The van der Waals surface area contributed by atoms with E-state index in [9.17, 15) is 4.39 Å². The lowest BCUT2D eigenvalue weighted by atomic mass is 10.0. The molecule has 2 N–H and O–H groups in total. The van der Waals surface area contributed by atoms with Gasteiger partial charge < -0.3 is 5.73 Å². The van der Waals surface area contributed by atoms with E-state index in [1.54, 1.807) is 0 Å². The number of hydrogen-bond acceptors (Lipinski definition) is 4. The number of aryl methyl sites for hydroxylation is 1. The Balaban J connectivity index is 2.03. The third-order valence-corrected chi connectivity index (χ3v) is 3.47. The van der Waals surface area contributed by atoms with Gasteiger partial charge >= 0.3 is 0 Å². The molecule has 1 aliphatic rings. The fourth-order valence-corrected chi connectivity index (χ4v) is 2.79. The van der Waals surface area contributed by atoms with E-state index in [2.05, 4.69) is 10.2 Å². The minimum absolute atomic E-state index is 0.0222. The van der Waals surface area contributed by atoms with Crippen LogP contribution < -0.4 is 5.73 Å². The van der Waals surface area contributed by atoms with Gasteiger partial charge in [-0.1, -0.05) is 0 Å². The highest BCUT2D eigenvalue weighted by Crippen LogP contribution is 2.36. The van der Waals surface area contributed by atoms with Crippen molar-refractivity contribution in [2.75, 3.05) is 0 Å². The Labute approximate surface area is 86.5 Å². The Morgan fingerprint density at radius 2 is 2.43 bits per heavy atom. The maximum absolute atomic E-state index is 14.1. The molecule has 78 valence electrons. The van der Waals surface area contributed by atoms with Crippen molar-refractivity contribution in [1.29, 1.82) is 0 Å². The molecule has 2 unspecified atom stereocenters. The molecule has 5 heteroatoms. The van der Waals surface area contributed by atoms with Crippen LogP contribution in [0, 0.1) is 6.92 Å². The molecule has 0 amide bonds. The molecule has 1 fully saturated rings. The molecule has 1 aromatic rings. The molecule has 3 nitrogen and oxygen atoms in total. The fourth-order valence-electron chi connectivity index (χ4n) is 1.96. The Hall–Kier alpha value is -0.550. The molecule has 0 aliphatic heterocycles. The van der Waals surface area contributed by atoms with Gasteiger partial charge in [-0.15, -0.1) is 21.5 Å². The topological polar surface area (TPSA) is 51.8 Å². The van der Waals surface area contributed by atoms with Crippen LogP contribution in [0.3, 0.4) is 0 Å². The third-order valence-electron chi connectivity index (χ3n) is 2.63. The number of nitrogens with zero attached hydrogens (tertiary/aromatic N) is 2. The standard InChI is InChI=1S/C9H14FN3S/c1-6-12-13-8(14-6)5-9(10)3-2-7(11)4-9/h7H,2-5,11H2,1H3. The van der Waals surface area contributed by atoms with Gasteiger partial charge in [0.25, 0.3) is 0 Å². The second kappa shape index (κ2) is 3.55. The van der Waals surface area contributed by atoms with Gasteiger partial charge in [0.2, 0.25) is 0 Å². The summed E-state index contributed by atoms with van der Waals surface area (Å²) in [4.78, 5) is 0. The molecule has 0 aromatic carbocycles. The molecule has 0 radical (unpaired) electrons. The van der Waals surface area contributed by atoms with Crippen molar-refractivity contribution in [1.82, 2.24) is 10.2 Å². The molecule has 2 atom stereocenters. The largest absolute Gasteiger partial charge is 0.328 e. The van der Waals surface area contributed by atoms with Crippen molar-refractivity contribution in [2.45, 2.75) is 44.3 Å². The summed E-state index contributed by atoms with van der Waals surface area (Å²) in [5.41, 5.74) is 4.56. The van der Waals surface area contributed by atoms with Gasteiger partial charge in [0.15, 0.2) is 0 Å². The quantitative estimate of drug-likeness (QED) is 0.815. The Morgan fingerprint density at radius 3 is 2.93 bits per heavy atom. The minimum atomic E-state index is -1.13. The van der Waals surface area contributed by atoms with Crippen molar-refractivity contribution in [3.8, 4) is 0 Å². The normalized spacial score (nSPS) is 32.4. The monoisotopic (exact) mass is 215 g/mol. The van der Waals surface area contributed by atoms with Crippen molar-refractivity contribution in [2.24, 2.45) is 5.73 Å². The first-order chi connectivity index (χ1) is 6.57. The second-order valence-corrected chi connectivity index (χ2v) is 5.31. The lowest BCUT2D eigenvalue weighted by Crippen LogP contribution is -2.25. The van der Waals surface area contributed by atoms with E-state index in [1.807, 2.05) is 6.92 Å². The molecular formula is C9H14FN3S. The second-order valence-electron chi connectivity index (χ2n) is 4.05. The van der Waals surface area contributed by atoms with Crippen LogP contribution in [-0.4, -0.2) is 21.9 Å². The number of rotatable bonds is 2. The first-order valence-corrected chi connectivity index (χ1v) is 5.62. The summed E-state index contributed by atoms with van der Waals surface area (Å²) in [6.07, 6.45) is 2.19. The Morgan fingerprint density at radius 1 is 1.64 bits per heavy atom. The van der Waals surface area contributed by atoms with E-state index < -0.39 is 5.67 Å². The lowest BCUT2D eigenvalue weighted by molar-refractivity contribution is 0.170. The van der Waals surface area contributed by atoms with Crippen LogP contribution >= 0.6 is 11.3 Å². The molecule has 1 aliphatic carbocycles. The van der Waals surface area contributed by atoms with Crippen molar-refractivity contribution in [3.05, 3.63) is 10.0 Å². The van der Waals surface area contributed by atoms with E-state index in [1.165, 1.54) is 11.3 Å². The van der Waals surface area contributed by atoms with E-state index in [0.29, 0.717) is 19.3 Å². The molecule has 1 aromatic heterocycles. The van der Waals surface area contributed by atoms with Gasteiger partial charge in [0, 0.05) is 12.5 Å². The van der Waals surface area contributed by atoms with Crippen molar-refractivity contribution < 1.29 is 4.39 Å². The number of hydrogen-bond donors (Lipinski definition) is 1. The maximum atomic E-state index is 14.1. The predicted octanol–water partition coefficient (Wildman–Crippen LogP) is 1.61. The molecule has 14 heavy (non-hydrogen) atoms. The van der Waals surface area contributed by atoms with Gasteiger partial charge in [-0.05, 0) is 26.2 Å². The third kappa shape index (κ3) is 2.09. The van der Waals surface area contributed by atoms with E-state index in [0.717, 1.165) is 16.4 Å². The summed E-state index contributed by atoms with van der Waals surface area (Å²) >= 11 is 1.47. The SMILES string of the molecule is Cc1nnc(CC2(F)CCC(N)C2)s1. The van der Waals surface area contributed by atoms with E-state index in [4.69, 9.17) is 5.73 Å². The number of alkyl halides is 1. The fraction of sp³-hybridized carbons (Fsp3) is 0.778. The molecule has 0 bridgehead atoms. The molecule has 1 saturated carbocycles. The van der Waals surface area contributed by atoms with Crippen molar-refractivity contribution in [3.63, 3.8) is 0 Å². The molecule has 2 rings (SSSR count). The average Bonchev–Trinajstić information content (AvgIpc) is 2.60. The number of nitrogens with two attached hydrogens (primary N) is 1. The summed E-state index contributed by atoms with van der Waals surface area (Å²) in [5.74, 6) is 0. The molecule has 1 heterocycles. The highest BCUT2D eigenvalue weighted by atomic mass is 32.1. The predicted molar refractivity (Wildman–Crippen MR) is 54.0 cm³/mol. The van der Waals surface area contributed by atoms with Gasteiger partial charge in [-0.3, -0.25) is 0 Å². The number of aromatic nitrogens is 2. The zero-order valence-electron chi connectivity index (χ0n) is 8.16. The summed E-state index contributed by atoms with van der Waals surface area (Å²) in [5, 5.41) is 9.50. The minimum Gasteiger partial charge on any atom is -0.328 e. The maximum Gasteiger partial charge on any atom is 0.120 e. The first-order valence-electron chi connectivity index (χ1n) is 4.81. The zero-order chi connectivity index (χ0) is 10.2. The smallest absolute Gasteiger partial charge is 0.120 e. The van der Waals surface area contributed by atoms with Crippen LogP contribution in [0.25, 0.3) is 0 Å². The lowest BCUT2D eigenvalue weighted by Gasteiger charge is -2.16. The Bertz CT molecular complexity index is 328. The summed E-state index contributed by atoms with van der Waals surface area (Å²) in [6, 6.07) is 0.0222. The van der Waals surface area contributed by atoms with Gasteiger partial charge in [0.05, 0.1) is 0 Å².